The molecule has 194 valence electrons. The number of alkyl halides is 2. The Morgan fingerprint density at radius 1 is 1.22 bits per heavy atom. The minimum Gasteiger partial charge on any atom is -0.354 e. The maximum Gasteiger partial charge on any atom is 0.273 e. The molecule has 11 heteroatoms. The number of nitrogens with zero attached hydrogens (tertiary/aromatic N) is 5. The first-order chi connectivity index (χ1) is 17.7. The van der Waals surface area contributed by atoms with Crippen LogP contribution in [0.3, 0.4) is 0 Å². The predicted molar refractivity (Wildman–Crippen MR) is 134 cm³/mol. The number of nitrogens with one attached hydrogen (secondary N) is 2. The van der Waals surface area contributed by atoms with E-state index < -0.39 is 24.4 Å². The first-order valence-corrected chi connectivity index (χ1v) is 12.4. The van der Waals surface area contributed by atoms with Gasteiger partial charge in [0.2, 0.25) is 5.91 Å². The lowest BCUT2D eigenvalue weighted by Gasteiger charge is -2.39. The lowest BCUT2D eigenvalue weighted by Crippen LogP contribution is -2.55. The van der Waals surface area contributed by atoms with Gasteiger partial charge in [-0.1, -0.05) is 6.07 Å². The maximum atomic E-state index is 14.3. The van der Waals surface area contributed by atoms with Crippen molar-refractivity contribution in [2.45, 2.75) is 58.0 Å². The number of fused-ring (bicyclic) bond motifs is 1. The van der Waals surface area contributed by atoms with E-state index in [1.165, 1.54) is 12.6 Å². The molecule has 3 aromatic rings. The van der Waals surface area contributed by atoms with Gasteiger partial charge in [0.25, 0.3) is 11.8 Å². The summed E-state index contributed by atoms with van der Waals surface area (Å²) >= 11 is 0. The standard InChI is InChI=1S/C26H29F2N7O2/c1-16-5-6-22(32-23-12-18(8-10-29-23)20-14-31-35-11-3-4-21(20)35)33-24(16)25(37)34-15-26(27,28)9-7-19(34)13-30-17(2)36/h5-6,8,10,12,14,19H,3-4,7,9,11,13,15H2,1-2H3,(H,30,36)(H,29,32,33)/t19-/m1/s1. The molecule has 37 heavy (non-hydrogen) atoms. The van der Waals surface area contributed by atoms with E-state index in [2.05, 4.69) is 25.7 Å². The topological polar surface area (TPSA) is 105 Å². The van der Waals surface area contributed by atoms with E-state index in [1.807, 2.05) is 23.0 Å². The third-order valence-corrected chi connectivity index (χ3v) is 6.89. The first kappa shape index (κ1) is 24.8. The van der Waals surface area contributed by atoms with E-state index in [0.29, 0.717) is 17.2 Å². The van der Waals surface area contributed by atoms with E-state index in [-0.39, 0.29) is 31.0 Å². The molecule has 0 aliphatic carbocycles. The Balaban J connectivity index is 1.38. The summed E-state index contributed by atoms with van der Waals surface area (Å²) in [5, 5.41) is 10.2. The number of hydrogen-bond acceptors (Lipinski definition) is 6. The number of carbonyl (C=O) groups is 2. The molecular formula is C26H29F2N7O2. The van der Waals surface area contributed by atoms with Gasteiger partial charge in [-0.3, -0.25) is 14.3 Å². The van der Waals surface area contributed by atoms with Crippen molar-refractivity contribution in [2.75, 3.05) is 18.4 Å². The third kappa shape index (κ3) is 5.30. The highest BCUT2D eigenvalue weighted by Gasteiger charge is 2.42. The molecule has 0 unspecified atom stereocenters. The molecule has 0 spiro atoms. The van der Waals surface area contributed by atoms with Crippen LogP contribution in [0.5, 0.6) is 0 Å². The molecule has 2 aliphatic heterocycles. The Bertz CT molecular complexity index is 1340. The molecule has 1 atom stereocenters. The quantitative estimate of drug-likeness (QED) is 0.525. The Morgan fingerprint density at radius 3 is 2.86 bits per heavy atom. The Morgan fingerprint density at radius 2 is 2.05 bits per heavy atom. The SMILES string of the molecule is CC(=O)NC[C@H]1CCC(F)(F)CN1C(=O)c1nc(Nc2cc(-c3cnn4c3CCC4)ccn2)ccc1C. The summed E-state index contributed by atoms with van der Waals surface area (Å²) in [5.74, 6) is -2.95. The van der Waals surface area contributed by atoms with Gasteiger partial charge in [-0.2, -0.15) is 5.10 Å². The highest BCUT2D eigenvalue weighted by molar-refractivity contribution is 5.94. The van der Waals surface area contributed by atoms with Crippen LogP contribution in [-0.2, 0) is 17.8 Å². The highest BCUT2D eigenvalue weighted by atomic mass is 19.3. The average Bonchev–Trinajstić information content (AvgIpc) is 3.48. The van der Waals surface area contributed by atoms with Crippen molar-refractivity contribution < 1.29 is 18.4 Å². The zero-order valence-electron chi connectivity index (χ0n) is 20.8. The van der Waals surface area contributed by atoms with Crippen molar-refractivity contribution in [1.82, 2.24) is 30.0 Å². The number of piperidine rings is 1. The number of aryl methyl sites for hydroxylation is 2. The molecule has 0 radical (unpaired) electrons. The van der Waals surface area contributed by atoms with E-state index in [1.54, 1.807) is 25.3 Å². The molecule has 5 heterocycles. The summed E-state index contributed by atoms with van der Waals surface area (Å²) in [6.07, 6.45) is 5.36. The zero-order chi connectivity index (χ0) is 26.2. The van der Waals surface area contributed by atoms with E-state index in [0.717, 1.165) is 35.4 Å². The number of carbonyl (C=O) groups excluding carboxylic acids is 2. The molecule has 1 fully saturated rings. The fourth-order valence-corrected chi connectivity index (χ4v) is 4.96. The molecule has 0 bridgehead atoms. The molecular weight excluding hydrogens is 480 g/mol. The van der Waals surface area contributed by atoms with Crippen LogP contribution < -0.4 is 10.6 Å². The van der Waals surface area contributed by atoms with Crippen LogP contribution in [0.2, 0.25) is 0 Å². The van der Waals surface area contributed by atoms with Gasteiger partial charge in [-0.05, 0) is 55.5 Å². The Kier molecular flexibility index (Phi) is 6.61. The number of pyridine rings is 2. The summed E-state index contributed by atoms with van der Waals surface area (Å²) in [5.41, 5.74) is 3.89. The van der Waals surface area contributed by atoms with Crippen LogP contribution in [0.25, 0.3) is 11.1 Å². The molecule has 3 aromatic heterocycles. The van der Waals surface area contributed by atoms with E-state index in [9.17, 15) is 18.4 Å². The van der Waals surface area contributed by atoms with Crippen molar-refractivity contribution >= 4 is 23.5 Å². The molecule has 2 N–H and O–H groups in total. The van der Waals surface area contributed by atoms with Gasteiger partial charge >= 0.3 is 0 Å². The number of aromatic nitrogens is 4. The molecule has 5 rings (SSSR count). The normalized spacial score (nSPS) is 18.4. The molecule has 1 saturated heterocycles. The van der Waals surface area contributed by atoms with Gasteiger partial charge in [-0.25, -0.2) is 18.7 Å². The number of halogens is 2. The number of hydrogen-bond donors (Lipinski definition) is 2. The van der Waals surface area contributed by atoms with Crippen LogP contribution >= 0.6 is 0 Å². The van der Waals surface area contributed by atoms with E-state index in [4.69, 9.17) is 0 Å². The second-order valence-corrected chi connectivity index (χ2v) is 9.67. The third-order valence-electron chi connectivity index (χ3n) is 6.89. The van der Waals surface area contributed by atoms with Crippen molar-refractivity contribution in [3.63, 3.8) is 0 Å². The largest absolute Gasteiger partial charge is 0.354 e. The lowest BCUT2D eigenvalue weighted by atomic mass is 9.98. The highest BCUT2D eigenvalue weighted by Crippen LogP contribution is 2.32. The number of anilines is 2. The minimum atomic E-state index is -3.00. The molecule has 0 saturated carbocycles. The Hall–Kier alpha value is -3.89. The number of amides is 2. The van der Waals surface area contributed by atoms with Gasteiger partial charge in [-0.15, -0.1) is 0 Å². The van der Waals surface area contributed by atoms with Crippen LogP contribution in [0, 0.1) is 6.92 Å². The van der Waals surface area contributed by atoms with Crippen molar-refractivity contribution in [3.05, 3.63) is 53.6 Å². The molecule has 0 aromatic carbocycles. The van der Waals surface area contributed by atoms with Gasteiger partial charge in [0.05, 0.1) is 12.7 Å². The summed E-state index contributed by atoms with van der Waals surface area (Å²) in [7, 11) is 0. The number of likely N-dealkylation sites (tertiary alicyclic amines) is 1. The van der Waals surface area contributed by atoms with Crippen molar-refractivity contribution in [2.24, 2.45) is 0 Å². The first-order valence-electron chi connectivity index (χ1n) is 12.4. The number of rotatable bonds is 6. The van der Waals surface area contributed by atoms with Crippen LogP contribution in [0.4, 0.5) is 20.4 Å². The van der Waals surface area contributed by atoms with Crippen LogP contribution in [0.1, 0.15) is 47.9 Å². The summed E-state index contributed by atoms with van der Waals surface area (Å²) in [6, 6.07) is 6.72. The molecule has 2 aliphatic rings. The second-order valence-electron chi connectivity index (χ2n) is 9.67. The Labute approximate surface area is 213 Å². The monoisotopic (exact) mass is 509 g/mol. The predicted octanol–water partition coefficient (Wildman–Crippen LogP) is 3.71. The lowest BCUT2D eigenvalue weighted by molar-refractivity contribution is -0.119. The van der Waals surface area contributed by atoms with Crippen molar-refractivity contribution in [1.29, 1.82) is 0 Å². The van der Waals surface area contributed by atoms with Crippen molar-refractivity contribution in [3.8, 4) is 11.1 Å². The van der Waals surface area contributed by atoms with Gasteiger partial charge in [0.1, 0.15) is 17.3 Å². The van der Waals surface area contributed by atoms with Crippen LogP contribution in [-0.4, -0.2) is 61.5 Å². The molecule has 2 amide bonds. The van der Waals surface area contributed by atoms with Crippen LogP contribution in [0.15, 0.2) is 36.7 Å². The average molecular weight is 510 g/mol. The second kappa shape index (κ2) is 9.87. The van der Waals surface area contributed by atoms with Gasteiger partial charge in [0.15, 0.2) is 0 Å². The summed E-state index contributed by atoms with van der Waals surface area (Å²) in [4.78, 5) is 34.8. The van der Waals surface area contributed by atoms with Gasteiger partial charge in [0, 0.05) is 49.9 Å². The fraction of sp³-hybridized carbons (Fsp3) is 0.423. The van der Waals surface area contributed by atoms with E-state index >= 15 is 0 Å². The minimum absolute atomic E-state index is 0.0844. The molecule has 9 nitrogen and oxygen atoms in total. The zero-order valence-corrected chi connectivity index (χ0v) is 20.8. The fourth-order valence-electron chi connectivity index (χ4n) is 4.96. The van der Waals surface area contributed by atoms with Gasteiger partial charge < -0.3 is 15.5 Å². The maximum absolute atomic E-state index is 14.3. The summed E-state index contributed by atoms with van der Waals surface area (Å²) < 4.78 is 30.6. The smallest absolute Gasteiger partial charge is 0.273 e. The summed E-state index contributed by atoms with van der Waals surface area (Å²) in [6.45, 7) is 3.39.